The molecule has 0 bridgehead atoms. The number of likely N-dealkylation sites (N-methyl/N-ethyl adjacent to an activating group) is 1. The molecule has 6 heteroatoms. The molecular formula is C16H24F2N4. The van der Waals surface area contributed by atoms with Crippen LogP contribution in [-0.4, -0.2) is 38.0 Å². The Kier molecular flexibility index (Phi) is 5.71. The Balaban J connectivity index is 2.02. The molecular weight excluding hydrogens is 286 g/mol. The van der Waals surface area contributed by atoms with E-state index in [1.165, 1.54) is 37.5 Å². The van der Waals surface area contributed by atoms with E-state index in [2.05, 4.69) is 10.3 Å². The van der Waals surface area contributed by atoms with Gasteiger partial charge in [-0.15, -0.1) is 0 Å². The normalized spacial score (nSPS) is 17.4. The fraction of sp³-hybridized carbons (Fsp3) is 0.562. The standard InChI is InChI=1S/C16H24F2N4/c1-22(2)14(15-12(17)7-4-8-13(15)18)10-21-16(19)20-9-11-5-3-6-11/h4,7-8,11,14H,3,5-6,9-10H2,1-2H3,(H3,19,20,21). The van der Waals surface area contributed by atoms with Crippen LogP contribution in [0.1, 0.15) is 30.9 Å². The first-order chi connectivity index (χ1) is 10.5. The Morgan fingerprint density at radius 1 is 1.36 bits per heavy atom. The third-order valence-corrected chi connectivity index (χ3v) is 4.19. The van der Waals surface area contributed by atoms with E-state index in [9.17, 15) is 8.78 Å². The van der Waals surface area contributed by atoms with Gasteiger partial charge in [0.05, 0.1) is 12.6 Å². The quantitative estimate of drug-likeness (QED) is 0.626. The van der Waals surface area contributed by atoms with E-state index in [4.69, 9.17) is 5.73 Å². The summed E-state index contributed by atoms with van der Waals surface area (Å²) in [6, 6.07) is 3.39. The number of nitrogens with zero attached hydrogens (tertiary/aromatic N) is 2. The third kappa shape index (κ3) is 4.16. The molecule has 1 aliphatic carbocycles. The number of hydrogen-bond acceptors (Lipinski definition) is 2. The molecule has 0 aliphatic heterocycles. The van der Waals surface area contributed by atoms with Crippen molar-refractivity contribution in [1.82, 2.24) is 10.2 Å². The topological polar surface area (TPSA) is 53.6 Å². The van der Waals surface area contributed by atoms with E-state index >= 15 is 0 Å². The summed E-state index contributed by atoms with van der Waals surface area (Å²) in [4.78, 5) is 5.98. The van der Waals surface area contributed by atoms with Crippen LogP contribution in [0.4, 0.5) is 8.78 Å². The SMILES string of the molecule is CN(C)C(CN=C(N)NCC1CCC1)c1c(F)cccc1F. The molecule has 1 unspecified atom stereocenters. The number of hydrogen-bond donors (Lipinski definition) is 2. The molecule has 0 heterocycles. The van der Waals surface area contributed by atoms with Crippen LogP contribution in [0.15, 0.2) is 23.2 Å². The molecule has 1 fully saturated rings. The maximum absolute atomic E-state index is 13.9. The summed E-state index contributed by atoms with van der Waals surface area (Å²) in [5, 5.41) is 3.08. The van der Waals surface area contributed by atoms with E-state index in [0.717, 1.165) is 6.54 Å². The summed E-state index contributed by atoms with van der Waals surface area (Å²) in [6.45, 7) is 1.02. The molecule has 0 aromatic heterocycles. The van der Waals surface area contributed by atoms with Gasteiger partial charge in [0.15, 0.2) is 5.96 Å². The van der Waals surface area contributed by atoms with Crippen LogP contribution in [0, 0.1) is 17.6 Å². The molecule has 0 amide bonds. The Hall–Kier alpha value is -1.69. The molecule has 4 nitrogen and oxygen atoms in total. The fourth-order valence-corrected chi connectivity index (χ4v) is 2.53. The molecule has 3 N–H and O–H groups in total. The highest BCUT2D eigenvalue weighted by Crippen LogP contribution is 2.26. The Morgan fingerprint density at radius 2 is 2.00 bits per heavy atom. The number of rotatable bonds is 6. The lowest BCUT2D eigenvalue weighted by Crippen LogP contribution is -2.38. The number of benzene rings is 1. The maximum Gasteiger partial charge on any atom is 0.188 e. The van der Waals surface area contributed by atoms with Gasteiger partial charge in [-0.25, -0.2) is 8.78 Å². The maximum atomic E-state index is 13.9. The lowest BCUT2D eigenvalue weighted by atomic mass is 9.85. The third-order valence-electron chi connectivity index (χ3n) is 4.19. The van der Waals surface area contributed by atoms with Crippen molar-refractivity contribution in [2.75, 3.05) is 27.2 Å². The van der Waals surface area contributed by atoms with Crippen molar-refractivity contribution in [2.24, 2.45) is 16.6 Å². The lowest BCUT2D eigenvalue weighted by molar-refractivity contribution is 0.289. The zero-order chi connectivity index (χ0) is 16.1. The summed E-state index contributed by atoms with van der Waals surface area (Å²) < 4.78 is 27.9. The van der Waals surface area contributed by atoms with Crippen LogP contribution in [0.3, 0.4) is 0 Å². The largest absolute Gasteiger partial charge is 0.370 e. The number of halogens is 2. The molecule has 1 atom stereocenters. The van der Waals surface area contributed by atoms with Crippen LogP contribution < -0.4 is 11.1 Å². The first-order valence-corrected chi connectivity index (χ1v) is 7.63. The minimum atomic E-state index is -0.560. The van der Waals surface area contributed by atoms with Crippen molar-refractivity contribution in [3.63, 3.8) is 0 Å². The van der Waals surface area contributed by atoms with Gasteiger partial charge in [-0.1, -0.05) is 12.5 Å². The first kappa shape index (κ1) is 16.7. The average Bonchev–Trinajstić information content (AvgIpc) is 2.39. The van der Waals surface area contributed by atoms with Gasteiger partial charge in [0.2, 0.25) is 0 Å². The van der Waals surface area contributed by atoms with Gasteiger partial charge in [0.1, 0.15) is 11.6 Å². The molecule has 1 aromatic rings. The molecule has 1 saturated carbocycles. The van der Waals surface area contributed by atoms with Crippen LogP contribution in [0.2, 0.25) is 0 Å². The van der Waals surface area contributed by atoms with Crippen LogP contribution >= 0.6 is 0 Å². The van der Waals surface area contributed by atoms with Crippen LogP contribution in [-0.2, 0) is 0 Å². The predicted molar refractivity (Wildman–Crippen MR) is 84.6 cm³/mol. The molecule has 1 aromatic carbocycles. The smallest absolute Gasteiger partial charge is 0.188 e. The molecule has 0 spiro atoms. The van der Waals surface area contributed by atoms with Crippen LogP contribution in [0.5, 0.6) is 0 Å². The highest BCUT2D eigenvalue weighted by molar-refractivity contribution is 5.77. The van der Waals surface area contributed by atoms with Gasteiger partial charge in [-0.2, -0.15) is 0 Å². The van der Waals surface area contributed by atoms with Gasteiger partial charge in [0.25, 0.3) is 0 Å². The second kappa shape index (κ2) is 7.54. The second-order valence-corrected chi connectivity index (χ2v) is 6.02. The monoisotopic (exact) mass is 310 g/mol. The van der Waals surface area contributed by atoms with Gasteiger partial charge in [0, 0.05) is 12.1 Å². The lowest BCUT2D eigenvalue weighted by Gasteiger charge is -2.26. The van der Waals surface area contributed by atoms with Crippen molar-refractivity contribution < 1.29 is 8.78 Å². The molecule has 2 rings (SSSR count). The van der Waals surface area contributed by atoms with E-state index in [-0.39, 0.29) is 12.1 Å². The number of nitrogens with two attached hydrogens (primary N) is 1. The highest BCUT2D eigenvalue weighted by Gasteiger charge is 2.22. The van der Waals surface area contributed by atoms with Crippen molar-refractivity contribution >= 4 is 5.96 Å². The summed E-state index contributed by atoms with van der Waals surface area (Å²) in [5.41, 5.74) is 5.87. The second-order valence-electron chi connectivity index (χ2n) is 6.02. The predicted octanol–water partition coefficient (Wildman–Crippen LogP) is 2.27. The average molecular weight is 310 g/mol. The van der Waals surface area contributed by atoms with Crippen molar-refractivity contribution in [3.05, 3.63) is 35.4 Å². The zero-order valence-electron chi connectivity index (χ0n) is 13.1. The molecule has 1 aliphatic rings. The highest BCUT2D eigenvalue weighted by atomic mass is 19.1. The fourth-order valence-electron chi connectivity index (χ4n) is 2.53. The first-order valence-electron chi connectivity index (χ1n) is 7.63. The van der Waals surface area contributed by atoms with E-state index < -0.39 is 17.7 Å². The Labute approximate surface area is 130 Å². The van der Waals surface area contributed by atoms with Gasteiger partial charge in [-0.3, -0.25) is 4.99 Å². The summed E-state index contributed by atoms with van der Waals surface area (Å²) in [7, 11) is 3.54. The molecule has 0 saturated heterocycles. The molecule has 122 valence electrons. The zero-order valence-corrected chi connectivity index (χ0v) is 13.1. The van der Waals surface area contributed by atoms with Crippen molar-refractivity contribution in [1.29, 1.82) is 0 Å². The number of nitrogens with one attached hydrogen (secondary N) is 1. The Bertz CT molecular complexity index is 507. The molecule has 22 heavy (non-hydrogen) atoms. The summed E-state index contributed by atoms with van der Waals surface area (Å²) in [5.74, 6) is -0.122. The van der Waals surface area contributed by atoms with Gasteiger partial charge >= 0.3 is 0 Å². The number of guanidine groups is 1. The summed E-state index contributed by atoms with van der Waals surface area (Å²) >= 11 is 0. The van der Waals surface area contributed by atoms with E-state index in [1.54, 1.807) is 19.0 Å². The molecule has 0 radical (unpaired) electrons. The van der Waals surface area contributed by atoms with Gasteiger partial charge < -0.3 is 16.0 Å². The van der Waals surface area contributed by atoms with Crippen molar-refractivity contribution in [2.45, 2.75) is 25.3 Å². The van der Waals surface area contributed by atoms with Gasteiger partial charge in [-0.05, 0) is 45.0 Å². The minimum Gasteiger partial charge on any atom is -0.370 e. The van der Waals surface area contributed by atoms with Crippen LogP contribution in [0.25, 0.3) is 0 Å². The minimum absolute atomic E-state index is 0.0306. The van der Waals surface area contributed by atoms with E-state index in [1.807, 2.05) is 0 Å². The number of aliphatic imine (C=N–C) groups is 1. The van der Waals surface area contributed by atoms with E-state index in [0.29, 0.717) is 11.9 Å². The summed E-state index contributed by atoms with van der Waals surface area (Å²) in [6.07, 6.45) is 3.72. The van der Waals surface area contributed by atoms with Crippen molar-refractivity contribution in [3.8, 4) is 0 Å². The Morgan fingerprint density at radius 3 is 2.50 bits per heavy atom.